The molecule has 1 heterocycles. The Morgan fingerprint density at radius 3 is 2.74 bits per heavy atom. The van der Waals surface area contributed by atoms with Gasteiger partial charge in [0.25, 0.3) is 5.91 Å². The summed E-state index contributed by atoms with van der Waals surface area (Å²) in [4.78, 5) is 16.8. The Balaban J connectivity index is 1.39. The van der Waals surface area contributed by atoms with Crippen LogP contribution < -0.4 is 10.1 Å². The average Bonchev–Trinajstić information content (AvgIpc) is 3.41. The van der Waals surface area contributed by atoms with Crippen molar-refractivity contribution in [2.45, 2.75) is 19.4 Å². The predicted molar refractivity (Wildman–Crippen MR) is 101 cm³/mol. The van der Waals surface area contributed by atoms with Crippen molar-refractivity contribution in [3.8, 4) is 17.1 Å². The van der Waals surface area contributed by atoms with Crippen molar-refractivity contribution in [3.63, 3.8) is 0 Å². The van der Waals surface area contributed by atoms with E-state index in [-0.39, 0.29) is 12.5 Å². The molecule has 2 aromatic carbocycles. The number of rotatable bonds is 7. The molecule has 1 aliphatic carbocycles. The van der Waals surface area contributed by atoms with E-state index in [9.17, 15) is 4.79 Å². The number of hydrogen-bond acceptors (Lipinski definition) is 5. The SMILES string of the molecule is O=C(NCc1nc(-c2ccc(Cl)cc2)no1)c1ccccc1OCC1CC1. The van der Waals surface area contributed by atoms with E-state index in [2.05, 4.69) is 15.5 Å². The van der Waals surface area contributed by atoms with Crippen LogP contribution in [0.2, 0.25) is 5.02 Å². The van der Waals surface area contributed by atoms with Gasteiger partial charge in [0.2, 0.25) is 11.7 Å². The Morgan fingerprint density at radius 2 is 1.96 bits per heavy atom. The number of ether oxygens (including phenoxy) is 1. The zero-order valence-electron chi connectivity index (χ0n) is 14.5. The van der Waals surface area contributed by atoms with Crippen molar-refractivity contribution in [1.82, 2.24) is 15.5 Å². The number of amides is 1. The zero-order valence-corrected chi connectivity index (χ0v) is 15.3. The molecule has 4 rings (SSSR count). The molecule has 27 heavy (non-hydrogen) atoms. The molecule has 0 saturated heterocycles. The van der Waals surface area contributed by atoms with Gasteiger partial charge in [-0.1, -0.05) is 28.9 Å². The first-order valence-electron chi connectivity index (χ1n) is 8.77. The van der Waals surface area contributed by atoms with E-state index in [1.165, 1.54) is 12.8 Å². The lowest BCUT2D eigenvalue weighted by molar-refractivity contribution is 0.0942. The number of para-hydroxylation sites is 1. The number of aromatic nitrogens is 2. The van der Waals surface area contributed by atoms with Crippen molar-refractivity contribution in [2.75, 3.05) is 6.61 Å². The van der Waals surface area contributed by atoms with Gasteiger partial charge in [-0.05, 0) is 55.2 Å². The summed E-state index contributed by atoms with van der Waals surface area (Å²) in [5.74, 6) is 1.74. The molecule has 3 aromatic rings. The summed E-state index contributed by atoms with van der Waals surface area (Å²) in [7, 11) is 0. The summed E-state index contributed by atoms with van der Waals surface area (Å²) < 4.78 is 11.0. The third-order valence-corrected chi connectivity index (χ3v) is 4.53. The summed E-state index contributed by atoms with van der Waals surface area (Å²) in [5.41, 5.74) is 1.29. The maximum Gasteiger partial charge on any atom is 0.255 e. The van der Waals surface area contributed by atoms with E-state index in [1.54, 1.807) is 18.2 Å². The molecule has 1 aliphatic rings. The normalized spacial score (nSPS) is 13.4. The third kappa shape index (κ3) is 4.46. The van der Waals surface area contributed by atoms with Crippen LogP contribution in [-0.2, 0) is 6.54 Å². The Morgan fingerprint density at radius 1 is 1.19 bits per heavy atom. The monoisotopic (exact) mass is 383 g/mol. The first-order valence-corrected chi connectivity index (χ1v) is 9.15. The molecule has 1 saturated carbocycles. The van der Waals surface area contributed by atoms with E-state index >= 15 is 0 Å². The molecule has 0 atom stereocenters. The van der Waals surface area contributed by atoms with Crippen LogP contribution in [0.3, 0.4) is 0 Å². The lowest BCUT2D eigenvalue weighted by Gasteiger charge is -2.10. The first kappa shape index (κ1) is 17.5. The number of hydrogen-bond donors (Lipinski definition) is 1. The average molecular weight is 384 g/mol. The van der Waals surface area contributed by atoms with Crippen molar-refractivity contribution < 1.29 is 14.1 Å². The van der Waals surface area contributed by atoms with Gasteiger partial charge < -0.3 is 14.6 Å². The van der Waals surface area contributed by atoms with E-state index in [0.717, 1.165) is 5.56 Å². The van der Waals surface area contributed by atoms with Crippen LogP contribution in [0.15, 0.2) is 53.1 Å². The molecule has 6 nitrogen and oxygen atoms in total. The highest BCUT2D eigenvalue weighted by Gasteiger charge is 2.23. The lowest BCUT2D eigenvalue weighted by atomic mass is 10.2. The molecule has 0 bridgehead atoms. The zero-order chi connectivity index (χ0) is 18.6. The van der Waals surface area contributed by atoms with Gasteiger partial charge in [0.15, 0.2) is 0 Å². The summed E-state index contributed by atoms with van der Waals surface area (Å²) in [5, 5.41) is 7.37. The molecule has 0 aliphatic heterocycles. The van der Waals surface area contributed by atoms with Gasteiger partial charge in [0.05, 0.1) is 18.7 Å². The maximum atomic E-state index is 12.5. The summed E-state index contributed by atoms with van der Waals surface area (Å²) >= 11 is 5.88. The fraction of sp³-hybridized carbons (Fsp3) is 0.250. The van der Waals surface area contributed by atoms with E-state index in [1.807, 2.05) is 30.3 Å². The highest BCUT2D eigenvalue weighted by molar-refractivity contribution is 6.30. The van der Waals surface area contributed by atoms with Crippen molar-refractivity contribution >= 4 is 17.5 Å². The minimum atomic E-state index is -0.243. The van der Waals surface area contributed by atoms with Crippen molar-refractivity contribution in [2.24, 2.45) is 5.92 Å². The van der Waals surface area contributed by atoms with E-state index in [0.29, 0.717) is 40.6 Å². The second kappa shape index (κ2) is 7.80. The molecule has 138 valence electrons. The van der Waals surface area contributed by atoms with Gasteiger partial charge in [0.1, 0.15) is 5.75 Å². The molecule has 1 N–H and O–H groups in total. The minimum Gasteiger partial charge on any atom is -0.492 e. The molecule has 1 aromatic heterocycles. The lowest BCUT2D eigenvalue weighted by Crippen LogP contribution is -2.23. The highest BCUT2D eigenvalue weighted by Crippen LogP contribution is 2.30. The maximum absolute atomic E-state index is 12.5. The van der Waals surface area contributed by atoms with Gasteiger partial charge in [-0.15, -0.1) is 0 Å². The van der Waals surface area contributed by atoms with Crippen LogP contribution in [0.4, 0.5) is 0 Å². The second-order valence-corrected chi connectivity index (χ2v) is 6.89. The fourth-order valence-electron chi connectivity index (χ4n) is 2.57. The third-order valence-electron chi connectivity index (χ3n) is 4.27. The number of halogens is 1. The van der Waals surface area contributed by atoms with Crippen molar-refractivity contribution in [3.05, 3.63) is 65.0 Å². The van der Waals surface area contributed by atoms with Gasteiger partial charge in [-0.2, -0.15) is 4.98 Å². The standard InChI is InChI=1S/C20H18ClN3O3/c21-15-9-7-14(8-10-15)19-23-18(27-24-19)11-22-20(25)16-3-1-2-4-17(16)26-12-13-5-6-13/h1-4,7-10,13H,5-6,11-12H2,(H,22,25). The number of carbonyl (C=O) groups is 1. The van der Waals surface area contributed by atoms with Gasteiger partial charge in [-0.3, -0.25) is 4.79 Å². The van der Waals surface area contributed by atoms with Crippen LogP contribution in [0.5, 0.6) is 5.75 Å². The highest BCUT2D eigenvalue weighted by atomic mass is 35.5. The van der Waals surface area contributed by atoms with Crippen LogP contribution in [0.25, 0.3) is 11.4 Å². The molecule has 0 spiro atoms. The number of nitrogens with zero attached hydrogens (tertiary/aromatic N) is 2. The van der Waals surface area contributed by atoms with Crippen LogP contribution in [0.1, 0.15) is 29.1 Å². The molecular formula is C20H18ClN3O3. The number of nitrogens with one attached hydrogen (secondary N) is 1. The Kier molecular flexibility index (Phi) is 5.07. The van der Waals surface area contributed by atoms with Crippen LogP contribution >= 0.6 is 11.6 Å². The minimum absolute atomic E-state index is 0.135. The Labute approximate surface area is 161 Å². The number of carbonyl (C=O) groups excluding carboxylic acids is 1. The quantitative estimate of drug-likeness (QED) is 0.664. The largest absolute Gasteiger partial charge is 0.492 e. The molecule has 1 amide bonds. The first-order chi connectivity index (χ1) is 13.2. The second-order valence-electron chi connectivity index (χ2n) is 6.45. The van der Waals surface area contributed by atoms with E-state index < -0.39 is 0 Å². The van der Waals surface area contributed by atoms with Gasteiger partial charge in [-0.25, -0.2) is 0 Å². The predicted octanol–water partition coefficient (Wildman–Crippen LogP) is 4.11. The summed E-state index contributed by atoms with van der Waals surface area (Å²) in [6.07, 6.45) is 2.39. The van der Waals surface area contributed by atoms with Crippen LogP contribution in [-0.4, -0.2) is 22.7 Å². The molecule has 0 radical (unpaired) electrons. The van der Waals surface area contributed by atoms with Gasteiger partial charge >= 0.3 is 0 Å². The molecule has 1 fully saturated rings. The topological polar surface area (TPSA) is 77.3 Å². The summed E-state index contributed by atoms with van der Waals surface area (Å²) in [6.45, 7) is 0.786. The Bertz CT molecular complexity index is 936. The molecule has 7 heteroatoms. The fourth-order valence-corrected chi connectivity index (χ4v) is 2.69. The molecule has 0 unspecified atom stereocenters. The molecular weight excluding hydrogens is 366 g/mol. The summed E-state index contributed by atoms with van der Waals surface area (Å²) in [6, 6.07) is 14.3. The van der Waals surface area contributed by atoms with Crippen molar-refractivity contribution in [1.29, 1.82) is 0 Å². The smallest absolute Gasteiger partial charge is 0.255 e. The van der Waals surface area contributed by atoms with E-state index in [4.69, 9.17) is 20.9 Å². The Hall–Kier alpha value is -2.86. The van der Waals surface area contributed by atoms with Crippen LogP contribution in [0, 0.1) is 5.92 Å². The van der Waals surface area contributed by atoms with Gasteiger partial charge in [0, 0.05) is 10.6 Å². The number of benzene rings is 2.